The van der Waals surface area contributed by atoms with Crippen LogP contribution in [0.5, 0.6) is 0 Å². The van der Waals surface area contributed by atoms with Crippen LogP contribution >= 0.6 is 0 Å². The van der Waals surface area contributed by atoms with Gasteiger partial charge in [-0.05, 0) is 26.8 Å². The molecule has 0 unspecified atom stereocenters. The highest BCUT2D eigenvalue weighted by Gasteiger charge is 2.32. The van der Waals surface area contributed by atoms with Crippen LogP contribution in [0, 0.1) is 13.8 Å². The Hall–Kier alpha value is -2.20. The van der Waals surface area contributed by atoms with Gasteiger partial charge in [-0.3, -0.25) is 14.2 Å². The molecule has 0 aromatic carbocycles. The number of carbonyl (C=O) groups is 1. The Morgan fingerprint density at radius 1 is 1.19 bits per heavy atom. The maximum atomic E-state index is 12.9. The lowest BCUT2D eigenvalue weighted by molar-refractivity contribution is -0.133. The normalized spacial score (nSPS) is 16.2. The molecule has 142 valence electrons. The maximum Gasteiger partial charge on any atom is 0.246 e. The molecular formula is C16H24N6O3S. The van der Waals surface area contributed by atoms with Crippen LogP contribution in [0.2, 0.25) is 0 Å². The number of hydrogen-bond acceptors (Lipinski definition) is 5. The van der Waals surface area contributed by atoms with E-state index in [2.05, 4.69) is 10.2 Å². The van der Waals surface area contributed by atoms with Crippen molar-refractivity contribution in [1.29, 1.82) is 0 Å². The molecule has 1 aliphatic rings. The van der Waals surface area contributed by atoms with E-state index in [-0.39, 0.29) is 30.4 Å². The minimum atomic E-state index is -3.59. The number of hydrogen-bond donors (Lipinski definition) is 0. The molecule has 1 amide bonds. The Bertz CT molecular complexity index is 893. The molecule has 0 atom stereocenters. The lowest BCUT2D eigenvalue weighted by atomic mass is 10.3. The van der Waals surface area contributed by atoms with Gasteiger partial charge in [0.05, 0.1) is 5.69 Å². The predicted octanol–water partition coefficient (Wildman–Crippen LogP) is 0.249. The van der Waals surface area contributed by atoms with Gasteiger partial charge < -0.3 is 4.90 Å². The van der Waals surface area contributed by atoms with E-state index in [1.807, 2.05) is 19.9 Å². The summed E-state index contributed by atoms with van der Waals surface area (Å²) in [6.07, 6.45) is 3.23. The summed E-state index contributed by atoms with van der Waals surface area (Å²) in [7, 11) is -3.59. The number of carbonyl (C=O) groups excluding carboxylic acids is 1. The van der Waals surface area contributed by atoms with Gasteiger partial charge in [-0.1, -0.05) is 0 Å². The topological polar surface area (TPSA) is 93.3 Å². The summed E-state index contributed by atoms with van der Waals surface area (Å²) in [6.45, 7) is 7.60. The summed E-state index contributed by atoms with van der Waals surface area (Å²) in [6, 6.07) is 1.84. The lowest BCUT2D eigenvalue weighted by Crippen LogP contribution is -2.51. The van der Waals surface area contributed by atoms with E-state index in [1.165, 1.54) is 4.31 Å². The fourth-order valence-electron chi connectivity index (χ4n) is 3.02. The third kappa shape index (κ3) is 3.51. The van der Waals surface area contributed by atoms with Crippen molar-refractivity contribution in [3.63, 3.8) is 0 Å². The fraction of sp³-hybridized carbons (Fsp3) is 0.562. The van der Waals surface area contributed by atoms with Crippen LogP contribution in [0.3, 0.4) is 0 Å². The SMILES string of the molecule is CCn1cc(S(=O)(=O)N2CCN(C(=O)Cn3nccc3C)CC2)c(C)n1. The monoisotopic (exact) mass is 380 g/mol. The second kappa shape index (κ2) is 7.20. The van der Waals surface area contributed by atoms with Crippen LogP contribution in [0.1, 0.15) is 18.3 Å². The minimum absolute atomic E-state index is 0.0520. The van der Waals surface area contributed by atoms with Crippen molar-refractivity contribution in [3.05, 3.63) is 29.8 Å². The van der Waals surface area contributed by atoms with Crippen LogP contribution in [0.25, 0.3) is 0 Å². The number of nitrogens with zero attached hydrogens (tertiary/aromatic N) is 6. The summed E-state index contributed by atoms with van der Waals surface area (Å²) in [5.74, 6) is -0.0520. The molecule has 0 N–H and O–H groups in total. The number of piperazine rings is 1. The first-order valence-electron chi connectivity index (χ1n) is 8.63. The molecule has 0 radical (unpaired) electrons. The predicted molar refractivity (Wildman–Crippen MR) is 94.9 cm³/mol. The zero-order valence-electron chi connectivity index (χ0n) is 15.3. The van der Waals surface area contributed by atoms with Crippen LogP contribution in [-0.4, -0.2) is 69.3 Å². The average molecular weight is 380 g/mol. The molecule has 3 rings (SSSR count). The van der Waals surface area contributed by atoms with Crippen LogP contribution in [-0.2, 0) is 27.9 Å². The van der Waals surface area contributed by atoms with Crippen molar-refractivity contribution in [1.82, 2.24) is 28.8 Å². The highest BCUT2D eigenvalue weighted by Crippen LogP contribution is 2.20. The number of aryl methyl sites for hydroxylation is 3. The van der Waals surface area contributed by atoms with Crippen molar-refractivity contribution in [2.75, 3.05) is 26.2 Å². The van der Waals surface area contributed by atoms with Crippen LogP contribution in [0.4, 0.5) is 0 Å². The zero-order chi connectivity index (χ0) is 18.9. The summed E-state index contributed by atoms with van der Waals surface area (Å²) < 4.78 is 30.4. The average Bonchev–Trinajstić information content (AvgIpc) is 3.21. The summed E-state index contributed by atoms with van der Waals surface area (Å²) in [4.78, 5) is 14.4. The van der Waals surface area contributed by atoms with Gasteiger partial charge in [-0.2, -0.15) is 14.5 Å². The first-order valence-corrected chi connectivity index (χ1v) is 10.1. The number of aromatic nitrogens is 4. The maximum absolute atomic E-state index is 12.9. The Kier molecular flexibility index (Phi) is 5.15. The highest BCUT2D eigenvalue weighted by molar-refractivity contribution is 7.89. The molecule has 0 aliphatic carbocycles. The van der Waals surface area contributed by atoms with E-state index in [0.29, 0.717) is 25.3 Å². The van der Waals surface area contributed by atoms with E-state index in [9.17, 15) is 13.2 Å². The Morgan fingerprint density at radius 3 is 2.42 bits per heavy atom. The van der Waals surface area contributed by atoms with Gasteiger partial charge in [0.15, 0.2) is 0 Å². The minimum Gasteiger partial charge on any atom is -0.338 e. The largest absolute Gasteiger partial charge is 0.338 e. The van der Waals surface area contributed by atoms with E-state index in [1.54, 1.807) is 33.6 Å². The summed E-state index contributed by atoms with van der Waals surface area (Å²) in [5.41, 5.74) is 1.42. The molecule has 26 heavy (non-hydrogen) atoms. The zero-order valence-corrected chi connectivity index (χ0v) is 16.1. The van der Waals surface area contributed by atoms with Crippen molar-refractivity contribution in [2.24, 2.45) is 0 Å². The van der Waals surface area contributed by atoms with Crippen molar-refractivity contribution < 1.29 is 13.2 Å². The molecule has 0 saturated carbocycles. The van der Waals surface area contributed by atoms with Gasteiger partial charge in [0.1, 0.15) is 11.4 Å². The molecule has 2 aromatic rings. The summed E-state index contributed by atoms with van der Waals surface area (Å²) in [5, 5.41) is 8.34. The molecule has 1 aliphatic heterocycles. The van der Waals surface area contributed by atoms with Gasteiger partial charge in [-0.25, -0.2) is 8.42 Å². The molecule has 2 aromatic heterocycles. The second-order valence-electron chi connectivity index (χ2n) is 6.35. The van der Waals surface area contributed by atoms with Crippen LogP contribution in [0.15, 0.2) is 23.4 Å². The van der Waals surface area contributed by atoms with Crippen molar-refractivity contribution in [2.45, 2.75) is 38.8 Å². The first-order chi connectivity index (χ1) is 12.3. The quantitative estimate of drug-likeness (QED) is 0.741. The summed E-state index contributed by atoms with van der Waals surface area (Å²) >= 11 is 0. The lowest BCUT2D eigenvalue weighted by Gasteiger charge is -2.34. The number of amides is 1. The van der Waals surface area contributed by atoms with Gasteiger partial charge in [-0.15, -0.1) is 0 Å². The van der Waals surface area contributed by atoms with Crippen molar-refractivity contribution >= 4 is 15.9 Å². The van der Waals surface area contributed by atoms with Crippen molar-refractivity contribution in [3.8, 4) is 0 Å². The van der Waals surface area contributed by atoms with E-state index < -0.39 is 10.0 Å². The van der Waals surface area contributed by atoms with E-state index in [4.69, 9.17) is 0 Å². The Morgan fingerprint density at radius 2 is 1.88 bits per heavy atom. The molecular weight excluding hydrogens is 356 g/mol. The van der Waals surface area contributed by atoms with Gasteiger partial charge in [0, 0.05) is 50.8 Å². The Labute approximate surface area is 153 Å². The third-order valence-electron chi connectivity index (χ3n) is 4.65. The van der Waals surface area contributed by atoms with E-state index in [0.717, 1.165) is 5.69 Å². The fourth-order valence-corrected chi connectivity index (χ4v) is 4.62. The Balaban J connectivity index is 1.65. The number of sulfonamides is 1. The number of rotatable bonds is 5. The third-order valence-corrected chi connectivity index (χ3v) is 6.65. The highest BCUT2D eigenvalue weighted by atomic mass is 32.2. The standard InChI is InChI=1S/C16H24N6O3S/c1-4-20-11-15(14(3)18-20)26(24,25)21-9-7-19(8-10-21)16(23)12-22-13(2)5-6-17-22/h5-6,11H,4,7-10,12H2,1-3H3. The van der Waals surface area contributed by atoms with E-state index >= 15 is 0 Å². The van der Waals surface area contributed by atoms with Crippen LogP contribution < -0.4 is 0 Å². The van der Waals surface area contributed by atoms with Gasteiger partial charge in [0.2, 0.25) is 15.9 Å². The van der Waals surface area contributed by atoms with Gasteiger partial charge >= 0.3 is 0 Å². The van der Waals surface area contributed by atoms with Gasteiger partial charge in [0.25, 0.3) is 0 Å². The molecule has 1 saturated heterocycles. The second-order valence-corrected chi connectivity index (χ2v) is 8.26. The molecule has 1 fully saturated rings. The molecule has 10 heteroatoms. The molecule has 0 spiro atoms. The first kappa shape index (κ1) is 18.6. The molecule has 9 nitrogen and oxygen atoms in total. The molecule has 3 heterocycles. The smallest absolute Gasteiger partial charge is 0.246 e. The molecule has 0 bridgehead atoms.